The third-order valence-electron chi connectivity index (χ3n) is 11.9. The SMILES string of the molecule is c1ccc(-c2ccc(-c3cccc4ccccc34)cc2N(c2ccc(-c3ccc4c(c3)oc3ccccc34)cc2)c2cccc3oc4c5ccccc5ccc4c23)cc1. The van der Waals surface area contributed by atoms with Crippen LogP contribution < -0.4 is 4.90 Å². The zero-order valence-electron chi connectivity index (χ0n) is 32.0. The molecular formula is C56H35NO2. The van der Waals surface area contributed by atoms with Crippen LogP contribution in [-0.2, 0) is 0 Å². The molecule has 0 bridgehead atoms. The second-order valence-electron chi connectivity index (χ2n) is 15.2. The maximum atomic E-state index is 6.78. The molecule has 0 atom stereocenters. The van der Waals surface area contributed by atoms with E-state index in [4.69, 9.17) is 8.83 Å². The van der Waals surface area contributed by atoms with E-state index in [1.54, 1.807) is 0 Å². The Balaban J connectivity index is 1.11. The lowest BCUT2D eigenvalue weighted by molar-refractivity contribution is 0.669. The van der Waals surface area contributed by atoms with Gasteiger partial charge in [0, 0.05) is 32.8 Å². The van der Waals surface area contributed by atoms with Gasteiger partial charge >= 0.3 is 0 Å². The van der Waals surface area contributed by atoms with Gasteiger partial charge in [0.25, 0.3) is 0 Å². The van der Waals surface area contributed by atoms with Crippen LogP contribution >= 0.6 is 0 Å². The fraction of sp³-hybridized carbons (Fsp3) is 0. The lowest BCUT2D eigenvalue weighted by Crippen LogP contribution is -2.12. The summed E-state index contributed by atoms with van der Waals surface area (Å²) in [5.41, 5.74) is 13.5. The average molecular weight is 754 g/mol. The molecule has 0 spiro atoms. The molecule has 0 aliphatic heterocycles. The fourth-order valence-corrected chi connectivity index (χ4v) is 9.06. The molecule has 0 aliphatic rings. The molecule has 3 nitrogen and oxygen atoms in total. The van der Waals surface area contributed by atoms with Gasteiger partial charge in [0.2, 0.25) is 0 Å². The molecule has 0 saturated carbocycles. The zero-order valence-corrected chi connectivity index (χ0v) is 32.0. The van der Waals surface area contributed by atoms with Crippen molar-refractivity contribution in [2.24, 2.45) is 0 Å². The van der Waals surface area contributed by atoms with E-state index in [-0.39, 0.29) is 0 Å². The topological polar surface area (TPSA) is 29.5 Å². The molecule has 59 heavy (non-hydrogen) atoms. The molecule has 0 saturated heterocycles. The molecule has 0 radical (unpaired) electrons. The number of hydrogen-bond acceptors (Lipinski definition) is 3. The molecule has 0 fully saturated rings. The number of anilines is 3. The summed E-state index contributed by atoms with van der Waals surface area (Å²) < 4.78 is 13.1. The van der Waals surface area contributed by atoms with Crippen molar-refractivity contribution < 1.29 is 8.83 Å². The Morgan fingerprint density at radius 1 is 0.305 bits per heavy atom. The van der Waals surface area contributed by atoms with Gasteiger partial charge in [-0.2, -0.15) is 0 Å². The summed E-state index contributed by atoms with van der Waals surface area (Å²) in [5, 5.41) is 9.11. The molecule has 3 heteroatoms. The van der Waals surface area contributed by atoms with Crippen molar-refractivity contribution in [3.8, 4) is 33.4 Å². The van der Waals surface area contributed by atoms with E-state index in [9.17, 15) is 0 Å². The molecule has 0 N–H and O–H groups in total. The zero-order chi connectivity index (χ0) is 38.9. The minimum Gasteiger partial charge on any atom is -0.456 e. The van der Waals surface area contributed by atoms with Crippen LogP contribution in [0.4, 0.5) is 17.1 Å². The largest absolute Gasteiger partial charge is 0.456 e. The Bertz CT molecular complexity index is 3550. The summed E-state index contributed by atoms with van der Waals surface area (Å²) in [5.74, 6) is 0. The third-order valence-corrected chi connectivity index (χ3v) is 11.9. The summed E-state index contributed by atoms with van der Waals surface area (Å²) in [6, 6.07) is 75.9. The van der Waals surface area contributed by atoms with Crippen LogP contribution in [0.2, 0.25) is 0 Å². The van der Waals surface area contributed by atoms with Gasteiger partial charge in [-0.05, 0) is 98.6 Å². The fourth-order valence-electron chi connectivity index (χ4n) is 9.06. The highest BCUT2D eigenvalue weighted by molar-refractivity contribution is 6.20. The van der Waals surface area contributed by atoms with Crippen LogP contribution in [0.25, 0.3) is 98.8 Å². The summed E-state index contributed by atoms with van der Waals surface area (Å²) in [6.07, 6.45) is 0. The second kappa shape index (κ2) is 13.4. The molecule has 2 heterocycles. The number of furan rings is 2. The molecule has 276 valence electrons. The van der Waals surface area contributed by atoms with Crippen molar-refractivity contribution in [3.63, 3.8) is 0 Å². The van der Waals surface area contributed by atoms with Crippen LogP contribution in [0.15, 0.2) is 221 Å². The Labute approximate surface area is 340 Å². The summed E-state index contributed by atoms with van der Waals surface area (Å²) in [7, 11) is 0. The second-order valence-corrected chi connectivity index (χ2v) is 15.2. The van der Waals surface area contributed by atoms with E-state index in [1.165, 1.54) is 16.3 Å². The quantitative estimate of drug-likeness (QED) is 0.169. The number of fused-ring (bicyclic) bond motifs is 9. The molecule has 0 unspecified atom stereocenters. The first kappa shape index (κ1) is 33.3. The van der Waals surface area contributed by atoms with E-state index in [0.717, 1.165) is 99.5 Å². The van der Waals surface area contributed by atoms with Gasteiger partial charge in [0.15, 0.2) is 0 Å². The standard InChI is InChI=1S/C56H35NO2/c1-2-12-38(13-3-1)45-31-28-41(44-20-10-16-37-14-4-6-17-43(37)44)34-51(45)57(50-21-11-23-53-55(50)49-33-26-39-15-5-7-18-46(39)56(49)59-53)42-29-24-36(25-30-42)40-27-32-48-47-19-8-9-22-52(47)58-54(48)35-40/h1-35H. The van der Waals surface area contributed by atoms with Gasteiger partial charge in [-0.1, -0.05) is 158 Å². The molecule has 0 aliphatic carbocycles. The Kier molecular flexibility index (Phi) is 7.54. The van der Waals surface area contributed by atoms with Crippen LogP contribution in [0.1, 0.15) is 0 Å². The van der Waals surface area contributed by atoms with Gasteiger partial charge in [-0.3, -0.25) is 0 Å². The smallest absolute Gasteiger partial charge is 0.143 e. The Morgan fingerprint density at radius 2 is 0.949 bits per heavy atom. The van der Waals surface area contributed by atoms with Gasteiger partial charge in [-0.25, -0.2) is 0 Å². The molecular weight excluding hydrogens is 719 g/mol. The van der Waals surface area contributed by atoms with Crippen molar-refractivity contribution >= 4 is 82.5 Å². The molecule has 10 aromatic carbocycles. The first-order chi connectivity index (χ1) is 29.2. The lowest BCUT2D eigenvalue weighted by atomic mass is 9.93. The maximum absolute atomic E-state index is 6.78. The van der Waals surface area contributed by atoms with E-state index in [0.29, 0.717) is 0 Å². The number of benzene rings is 10. The third kappa shape index (κ3) is 5.44. The molecule has 12 rings (SSSR count). The molecule has 2 aromatic heterocycles. The normalized spacial score (nSPS) is 11.7. The predicted octanol–water partition coefficient (Wildman–Crippen LogP) is 16.3. The van der Waals surface area contributed by atoms with Crippen molar-refractivity contribution in [1.82, 2.24) is 0 Å². The van der Waals surface area contributed by atoms with Gasteiger partial charge in [-0.15, -0.1) is 0 Å². The van der Waals surface area contributed by atoms with Gasteiger partial charge in [0.05, 0.1) is 16.8 Å². The summed E-state index contributed by atoms with van der Waals surface area (Å²) in [4.78, 5) is 2.43. The van der Waals surface area contributed by atoms with E-state index >= 15 is 0 Å². The molecule has 12 aromatic rings. The molecule has 0 amide bonds. The number of rotatable bonds is 6. The van der Waals surface area contributed by atoms with Crippen molar-refractivity contribution in [1.29, 1.82) is 0 Å². The van der Waals surface area contributed by atoms with Crippen LogP contribution in [0.3, 0.4) is 0 Å². The number of hydrogen-bond donors (Lipinski definition) is 0. The Morgan fingerprint density at radius 3 is 1.81 bits per heavy atom. The first-order valence-corrected chi connectivity index (χ1v) is 20.1. The predicted molar refractivity (Wildman–Crippen MR) is 247 cm³/mol. The van der Waals surface area contributed by atoms with Crippen LogP contribution in [-0.4, -0.2) is 0 Å². The van der Waals surface area contributed by atoms with E-state index in [2.05, 4.69) is 205 Å². The monoisotopic (exact) mass is 753 g/mol. The lowest BCUT2D eigenvalue weighted by Gasteiger charge is -2.29. The maximum Gasteiger partial charge on any atom is 0.143 e. The van der Waals surface area contributed by atoms with Gasteiger partial charge in [0.1, 0.15) is 22.3 Å². The number of nitrogens with zero attached hydrogens (tertiary/aromatic N) is 1. The van der Waals surface area contributed by atoms with Crippen LogP contribution in [0, 0.1) is 0 Å². The minimum absolute atomic E-state index is 0.848. The van der Waals surface area contributed by atoms with Crippen molar-refractivity contribution in [2.75, 3.05) is 4.90 Å². The first-order valence-electron chi connectivity index (χ1n) is 20.1. The highest BCUT2D eigenvalue weighted by Crippen LogP contribution is 2.48. The minimum atomic E-state index is 0.848. The van der Waals surface area contributed by atoms with Crippen molar-refractivity contribution in [3.05, 3.63) is 212 Å². The van der Waals surface area contributed by atoms with E-state index < -0.39 is 0 Å². The highest BCUT2D eigenvalue weighted by Gasteiger charge is 2.24. The van der Waals surface area contributed by atoms with Gasteiger partial charge < -0.3 is 13.7 Å². The van der Waals surface area contributed by atoms with Crippen molar-refractivity contribution in [2.45, 2.75) is 0 Å². The van der Waals surface area contributed by atoms with Crippen LogP contribution in [0.5, 0.6) is 0 Å². The average Bonchev–Trinajstić information content (AvgIpc) is 3.88. The summed E-state index contributed by atoms with van der Waals surface area (Å²) >= 11 is 0. The Hall–Kier alpha value is -7.88. The highest BCUT2D eigenvalue weighted by atomic mass is 16.3. The summed E-state index contributed by atoms with van der Waals surface area (Å²) in [6.45, 7) is 0. The van der Waals surface area contributed by atoms with E-state index in [1.807, 2.05) is 12.1 Å². The number of para-hydroxylation sites is 1.